The molecule has 2 rings (SSSR count). The van der Waals surface area contributed by atoms with Crippen molar-refractivity contribution in [1.29, 1.82) is 0 Å². The third-order valence-corrected chi connectivity index (χ3v) is 3.66. The molecule has 0 radical (unpaired) electrons. The van der Waals surface area contributed by atoms with Crippen LogP contribution in [0.2, 0.25) is 0 Å². The van der Waals surface area contributed by atoms with Gasteiger partial charge in [0.1, 0.15) is 11.5 Å². The Hall–Kier alpha value is -1.53. The second-order valence-electron chi connectivity index (χ2n) is 3.92. The Labute approximate surface area is 133 Å². The fourth-order valence-corrected chi connectivity index (χ4v) is 2.69. The number of methoxy groups -OCH3 is 1. The largest absolute Gasteiger partial charge is 0.465 e. The zero-order valence-electron chi connectivity index (χ0n) is 10.5. The summed E-state index contributed by atoms with van der Waals surface area (Å²) in [6.45, 7) is 0. The number of esters is 1. The van der Waals surface area contributed by atoms with Crippen molar-refractivity contribution in [3.63, 3.8) is 0 Å². The molecule has 0 aliphatic carbocycles. The van der Waals surface area contributed by atoms with Crippen LogP contribution < -0.4 is 10.5 Å². The fraction of sp³-hybridized carbons (Fsp3) is 0.0714. The number of rotatable bonds is 3. The van der Waals surface area contributed by atoms with E-state index in [-0.39, 0.29) is 0 Å². The van der Waals surface area contributed by atoms with Gasteiger partial charge >= 0.3 is 5.97 Å². The summed E-state index contributed by atoms with van der Waals surface area (Å²) >= 11 is 6.78. The first kappa shape index (κ1) is 14.9. The lowest BCUT2D eigenvalue weighted by Crippen LogP contribution is -2.02. The number of carbonyl (C=O) groups excluding carboxylic acids is 1. The smallest absolute Gasteiger partial charge is 0.337 e. The lowest BCUT2D eigenvalue weighted by atomic mass is 10.2. The Balaban J connectivity index is 2.28. The van der Waals surface area contributed by atoms with E-state index in [4.69, 9.17) is 10.5 Å². The molecule has 0 saturated heterocycles. The van der Waals surface area contributed by atoms with Crippen LogP contribution in [-0.2, 0) is 4.74 Å². The molecule has 0 aliphatic heterocycles. The first-order chi connectivity index (χ1) is 9.51. The van der Waals surface area contributed by atoms with Crippen molar-refractivity contribution < 1.29 is 14.3 Å². The van der Waals surface area contributed by atoms with Crippen LogP contribution in [-0.4, -0.2) is 13.1 Å². The molecule has 4 nitrogen and oxygen atoms in total. The molecule has 2 aromatic carbocycles. The van der Waals surface area contributed by atoms with E-state index in [9.17, 15) is 4.79 Å². The number of hydrogen-bond donors (Lipinski definition) is 1. The molecule has 0 aliphatic rings. The summed E-state index contributed by atoms with van der Waals surface area (Å²) in [6.07, 6.45) is 0. The summed E-state index contributed by atoms with van der Waals surface area (Å²) < 4.78 is 12.1. The molecule has 0 unspecified atom stereocenters. The number of ether oxygens (including phenoxy) is 2. The van der Waals surface area contributed by atoms with Crippen LogP contribution in [0.1, 0.15) is 10.4 Å². The van der Waals surface area contributed by atoms with E-state index < -0.39 is 5.97 Å². The molecule has 104 valence electrons. The highest BCUT2D eigenvalue weighted by Crippen LogP contribution is 2.34. The molecular formula is C14H11Br2NO3. The predicted octanol–water partition coefficient (Wildman–Crippen LogP) is 4.37. The Morgan fingerprint density at radius 2 is 1.80 bits per heavy atom. The van der Waals surface area contributed by atoms with Gasteiger partial charge in [0.2, 0.25) is 0 Å². The second kappa shape index (κ2) is 6.28. The quantitative estimate of drug-likeness (QED) is 0.613. The van der Waals surface area contributed by atoms with Crippen LogP contribution in [0.5, 0.6) is 11.5 Å². The van der Waals surface area contributed by atoms with Crippen LogP contribution in [0.15, 0.2) is 45.3 Å². The van der Waals surface area contributed by atoms with Crippen molar-refractivity contribution in [3.05, 3.63) is 50.9 Å². The lowest BCUT2D eigenvalue weighted by Gasteiger charge is -2.11. The van der Waals surface area contributed by atoms with Crippen molar-refractivity contribution in [2.45, 2.75) is 0 Å². The van der Waals surface area contributed by atoms with E-state index in [1.54, 1.807) is 12.1 Å². The van der Waals surface area contributed by atoms with E-state index in [0.717, 1.165) is 8.95 Å². The van der Waals surface area contributed by atoms with Crippen molar-refractivity contribution in [2.24, 2.45) is 0 Å². The maximum atomic E-state index is 11.4. The maximum Gasteiger partial charge on any atom is 0.337 e. The van der Waals surface area contributed by atoms with Crippen LogP contribution >= 0.6 is 31.9 Å². The molecule has 0 bridgehead atoms. The Morgan fingerprint density at radius 1 is 1.10 bits per heavy atom. The monoisotopic (exact) mass is 399 g/mol. The van der Waals surface area contributed by atoms with Gasteiger partial charge in [-0.05, 0) is 52.3 Å². The number of halogens is 2. The average Bonchev–Trinajstić information content (AvgIpc) is 2.42. The number of benzene rings is 2. The van der Waals surface area contributed by atoms with Crippen LogP contribution in [0.3, 0.4) is 0 Å². The zero-order valence-corrected chi connectivity index (χ0v) is 13.7. The highest BCUT2D eigenvalue weighted by molar-refractivity contribution is 9.11. The lowest BCUT2D eigenvalue weighted by molar-refractivity contribution is 0.0601. The molecule has 0 spiro atoms. The summed E-state index contributed by atoms with van der Waals surface area (Å²) in [7, 11) is 1.32. The van der Waals surface area contributed by atoms with Gasteiger partial charge in [0.25, 0.3) is 0 Å². The van der Waals surface area contributed by atoms with E-state index in [1.165, 1.54) is 13.2 Å². The summed E-state index contributed by atoms with van der Waals surface area (Å²) in [5.74, 6) is 0.666. The van der Waals surface area contributed by atoms with Gasteiger partial charge in [-0.1, -0.05) is 15.9 Å². The van der Waals surface area contributed by atoms with Crippen molar-refractivity contribution in [2.75, 3.05) is 12.8 Å². The van der Waals surface area contributed by atoms with Gasteiger partial charge in [-0.2, -0.15) is 0 Å². The molecular weight excluding hydrogens is 390 g/mol. The summed E-state index contributed by atoms with van der Waals surface area (Å²) in [5.41, 5.74) is 6.63. The van der Waals surface area contributed by atoms with E-state index in [2.05, 4.69) is 36.6 Å². The SMILES string of the molecule is COC(=O)c1ccc(Oc2ccc(Br)cc2Br)c(N)c1. The van der Waals surface area contributed by atoms with Crippen molar-refractivity contribution >= 4 is 43.5 Å². The average molecular weight is 401 g/mol. The number of hydrogen-bond acceptors (Lipinski definition) is 4. The van der Waals surface area contributed by atoms with Crippen molar-refractivity contribution in [1.82, 2.24) is 0 Å². The minimum atomic E-state index is -0.437. The topological polar surface area (TPSA) is 61.5 Å². The van der Waals surface area contributed by atoms with Gasteiger partial charge in [-0.25, -0.2) is 4.79 Å². The molecule has 6 heteroatoms. The third kappa shape index (κ3) is 3.32. The summed E-state index contributed by atoms with van der Waals surface area (Å²) in [5, 5.41) is 0. The third-order valence-electron chi connectivity index (χ3n) is 2.54. The molecule has 20 heavy (non-hydrogen) atoms. The van der Waals surface area contributed by atoms with E-state index >= 15 is 0 Å². The summed E-state index contributed by atoms with van der Waals surface area (Å²) in [4.78, 5) is 11.4. The van der Waals surface area contributed by atoms with Gasteiger partial charge < -0.3 is 15.2 Å². The van der Waals surface area contributed by atoms with E-state index in [1.807, 2.05) is 18.2 Å². The first-order valence-electron chi connectivity index (χ1n) is 5.62. The fourth-order valence-electron chi connectivity index (χ4n) is 1.56. The standard InChI is InChI=1S/C14H11Br2NO3/c1-19-14(18)8-2-4-13(11(17)6-8)20-12-5-3-9(15)7-10(12)16/h2-7H,17H2,1H3. The van der Waals surface area contributed by atoms with Crippen LogP contribution in [0.4, 0.5) is 5.69 Å². The zero-order chi connectivity index (χ0) is 14.7. The van der Waals surface area contributed by atoms with Gasteiger partial charge in [0, 0.05) is 4.47 Å². The molecule has 2 aromatic rings. The molecule has 0 amide bonds. The minimum Gasteiger partial charge on any atom is -0.465 e. The van der Waals surface area contributed by atoms with Gasteiger partial charge in [-0.3, -0.25) is 0 Å². The minimum absolute atomic E-state index is 0.364. The summed E-state index contributed by atoms with van der Waals surface area (Å²) in [6, 6.07) is 10.3. The normalized spacial score (nSPS) is 10.2. The van der Waals surface area contributed by atoms with Crippen LogP contribution in [0, 0.1) is 0 Å². The molecule has 2 N–H and O–H groups in total. The highest BCUT2D eigenvalue weighted by atomic mass is 79.9. The van der Waals surface area contributed by atoms with E-state index in [0.29, 0.717) is 22.7 Å². The molecule has 0 aromatic heterocycles. The number of nitrogens with two attached hydrogens (primary N) is 1. The second-order valence-corrected chi connectivity index (χ2v) is 5.69. The Bertz CT molecular complexity index is 659. The van der Waals surface area contributed by atoms with Gasteiger partial charge in [0.05, 0.1) is 22.8 Å². The molecule has 0 atom stereocenters. The highest BCUT2D eigenvalue weighted by Gasteiger charge is 2.10. The molecule has 0 fully saturated rings. The van der Waals surface area contributed by atoms with Gasteiger partial charge in [-0.15, -0.1) is 0 Å². The Morgan fingerprint density at radius 3 is 2.40 bits per heavy atom. The van der Waals surface area contributed by atoms with Crippen LogP contribution in [0.25, 0.3) is 0 Å². The number of carbonyl (C=O) groups is 1. The number of nitrogen functional groups attached to an aromatic ring is 1. The van der Waals surface area contributed by atoms with Crippen molar-refractivity contribution in [3.8, 4) is 11.5 Å². The Kier molecular flexibility index (Phi) is 4.67. The molecule has 0 heterocycles. The van der Waals surface area contributed by atoms with Gasteiger partial charge in [0.15, 0.2) is 0 Å². The number of anilines is 1. The predicted molar refractivity (Wildman–Crippen MR) is 84.1 cm³/mol. The molecule has 0 saturated carbocycles. The maximum absolute atomic E-state index is 11.4. The first-order valence-corrected chi connectivity index (χ1v) is 7.20.